The average Bonchev–Trinajstić information content (AvgIpc) is 3.06. The minimum Gasteiger partial charge on any atom is -0.378 e. The summed E-state index contributed by atoms with van der Waals surface area (Å²) in [5.74, 6) is -0.0723. The number of benzene rings is 2. The van der Waals surface area contributed by atoms with E-state index in [2.05, 4.69) is 23.2 Å². The normalized spacial score (nSPS) is 20.3. The Hall–Kier alpha value is -1.88. The zero-order chi connectivity index (χ0) is 18.7. The molecule has 1 fully saturated rings. The second-order valence-corrected chi connectivity index (χ2v) is 7.17. The van der Waals surface area contributed by atoms with Gasteiger partial charge in [-0.15, -0.1) is 0 Å². The maximum absolute atomic E-state index is 12.6. The summed E-state index contributed by atoms with van der Waals surface area (Å²) in [4.78, 5) is 14.9. The minimum atomic E-state index is -0.0723. The number of halogens is 1. The van der Waals surface area contributed by atoms with E-state index in [-0.39, 0.29) is 18.1 Å². The van der Waals surface area contributed by atoms with Crippen LogP contribution in [0.25, 0.3) is 11.1 Å². The van der Waals surface area contributed by atoms with E-state index >= 15 is 0 Å². The number of hydrogen-bond donors (Lipinski definition) is 1. The van der Waals surface area contributed by atoms with E-state index in [9.17, 15) is 4.79 Å². The summed E-state index contributed by atoms with van der Waals surface area (Å²) in [6.45, 7) is 6.78. The highest BCUT2D eigenvalue weighted by atomic mass is 35.5. The first-order valence-electron chi connectivity index (χ1n) is 8.94. The number of ether oxygens (including phenoxy) is 1. The number of nitrogens with zero attached hydrogens (tertiary/aromatic N) is 1. The maximum atomic E-state index is 12.6. The fraction of sp³-hybridized carbons (Fsp3) is 0.381. The van der Waals surface area contributed by atoms with Gasteiger partial charge >= 0.3 is 0 Å². The van der Waals surface area contributed by atoms with Crippen LogP contribution in [-0.2, 0) is 4.74 Å². The first-order chi connectivity index (χ1) is 12.5. The maximum Gasteiger partial charge on any atom is 0.251 e. The molecule has 1 aliphatic heterocycles. The van der Waals surface area contributed by atoms with Gasteiger partial charge in [0.05, 0.1) is 12.1 Å². The van der Waals surface area contributed by atoms with Crippen molar-refractivity contribution in [2.45, 2.75) is 26.0 Å². The van der Waals surface area contributed by atoms with Gasteiger partial charge in [0.15, 0.2) is 0 Å². The Morgan fingerprint density at radius 3 is 2.62 bits per heavy atom. The van der Waals surface area contributed by atoms with Gasteiger partial charge in [0.2, 0.25) is 0 Å². The Balaban J connectivity index is 1.72. The van der Waals surface area contributed by atoms with Gasteiger partial charge in [-0.3, -0.25) is 9.69 Å². The van der Waals surface area contributed by atoms with Crippen molar-refractivity contribution < 1.29 is 9.53 Å². The number of carbonyl (C=O) groups is 1. The molecule has 1 saturated heterocycles. The highest BCUT2D eigenvalue weighted by Crippen LogP contribution is 2.29. The topological polar surface area (TPSA) is 41.6 Å². The second-order valence-electron chi connectivity index (χ2n) is 6.77. The van der Waals surface area contributed by atoms with Crippen molar-refractivity contribution in [3.8, 4) is 11.1 Å². The predicted molar refractivity (Wildman–Crippen MR) is 106 cm³/mol. The summed E-state index contributed by atoms with van der Waals surface area (Å²) in [5.41, 5.74) is 3.77. The SMILES string of the molecule is CCN1C[C@H](NC(=O)c2ccc(-c3cc(C)ccc3Cl)cc2)[C@@H](OC)C1. The van der Waals surface area contributed by atoms with Crippen molar-refractivity contribution in [3.63, 3.8) is 0 Å². The van der Waals surface area contributed by atoms with Crippen molar-refractivity contribution in [1.29, 1.82) is 0 Å². The molecule has 2 aromatic carbocycles. The summed E-state index contributed by atoms with van der Waals surface area (Å²) in [6, 6.07) is 13.5. The first kappa shape index (κ1) is 18.9. The predicted octanol–water partition coefficient (Wildman–Crippen LogP) is 3.76. The van der Waals surface area contributed by atoms with E-state index in [1.807, 2.05) is 43.3 Å². The van der Waals surface area contributed by atoms with Crippen LogP contribution in [0.2, 0.25) is 5.02 Å². The molecule has 0 spiro atoms. The third-order valence-electron chi connectivity index (χ3n) is 4.99. The van der Waals surface area contributed by atoms with Crippen LogP contribution in [0.4, 0.5) is 0 Å². The smallest absolute Gasteiger partial charge is 0.251 e. The molecule has 1 aliphatic rings. The van der Waals surface area contributed by atoms with Crippen LogP contribution in [0.15, 0.2) is 42.5 Å². The van der Waals surface area contributed by atoms with Crippen molar-refractivity contribution in [2.24, 2.45) is 0 Å². The van der Waals surface area contributed by atoms with Crippen molar-refractivity contribution in [1.82, 2.24) is 10.2 Å². The summed E-state index contributed by atoms with van der Waals surface area (Å²) in [5, 5.41) is 3.82. The van der Waals surface area contributed by atoms with Crippen molar-refractivity contribution in [2.75, 3.05) is 26.7 Å². The lowest BCUT2D eigenvalue weighted by atomic mass is 10.0. The Kier molecular flexibility index (Phi) is 5.97. The number of likely N-dealkylation sites (tertiary alicyclic amines) is 1. The zero-order valence-electron chi connectivity index (χ0n) is 15.5. The number of nitrogens with one attached hydrogen (secondary N) is 1. The molecular formula is C21H25ClN2O2. The molecule has 0 bridgehead atoms. The van der Waals surface area contributed by atoms with Gasteiger partial charge in [-0.1, -0.05) is 42.3 Å². The molecule has 2 atom stereocenters. The van der Waals surface area contributed by atoms with Crippen molar-refractivity contribution >= 4 is 17.5 Å². The number of aryl methyl sites for hydroxylation is 1. The largest absolute Gasteiger partial charge is 0.378 e. The molecular weight excluding hydrogens is 348 g/mol. The fourth-order valence-corrected chi connectivity index (χ4v) is 3.63. The molecule has 5 heteroatoms. The summed E-state index contributed by atoms with van der Waals surface area (Å²) in [7, 11) is 1.70. The molecule has 3 rings (SSSR count). The number of carbonyl (C=O) groups excluding carboxylic acids is 1. The van der Waals surface area contributed by atoms with Gasteiger partial charge in [0.1, 0.15) is 0 Å². The zero-order valence-corrected chi connectivity index (χ0v) is 16.2. The van der Waals surface area contributed by atoms with E-state index in [4.69, 9.17) is 16.3 Å². The molecule has 26 heavy (non-hydrogen) atoms. The molecule has 0 saturated carbocycles. The molecule has 0 aliphatic carbocycles. The Morgan fingerprint density at radius 2 is 1.96 bits per heavy atom. The van der Waals surface area contributed by atoms with Crippen LogP contribution in [0, 0.1) is 6.92 Å². The minimum absolute atomic E-state index is 0.0124. The highest BCUT2D eigenvalue weighted by Gasteiger charge is 2.33. The van der Waals surface area contributed by atoms with E-state index in [0.29, 0.717) is 10.6 Å². The van der Waals surface area contributed by atoms with Crippen LogP contribution in [0.1, 0.15) is 22.8 Å². The summed E-state index contributed by atoms with van der Waals surface area (Å²) >= 11 is 6.31. The van der Waals surface area contributed by atoms with Gasteiger partial charge in [-0.25, -0.2) is 0 Å². The molecule has 0 aromatic heterocycles. The van der Waals surface area contributed by atoms with Gasteiger partial charge in [0.25, 0.3) is 5.91 Å². The fourth-order valence-electron chi connectivity index (χ4n) is 3.40. The Bertz CT molecular complexity index is 776. The second kappa shape index (κ2) is 8.21. The van der Waals surface area contributed by atoms with E-state index in [1.165, 1.54) is 0 Å². The number of hydrogen-bond acceptors (Lipinski definition) is 3. The molecule has 1 N–H and O–H groups in total. The van der Waals surface area contributed by atoms with E-state index < -0.39 is 0 Å². The molecule has 138 valence electrons. The van der Waals surface area contributed by atoms with Gasteiger partial charge in [0, 0.05) is 36.3 Å². The number of rotatable bonds is 5. The van der Waals surface area contributed by atoms with Crippen LogP contribution < -0.4 is 5.32 Å². The Labute approximate surface area is 160 Å². The average molecular weight is 373 g/mol. The van der Waals surface area contributed by atoms with Crippen LogP contribution in [0.5, 0.6) is 0 Å². The first-order valence-corrected chi connectivity index (χ1v) is 9.32. The lowest BCUT2D eigenvalue weighted by Gasteiger charge is -2.18. The molecule has 0 unspecified atom stereocenters. The number of amides is 1. The molecule has 1 heterocycles. The van der Waals surface area contributed by atoms with Crippen molar-refractivity contribution in [3.05, 3.63) is 58.6 Å². The standard InChI is InChI=1S/C21H25ClN2O2/c1-4-24-12-19(20(13-24)26-3)23-21(25)16-8-6-15(7-9-16)17-11-14(2)5-10-18(17)22/h5-11,19-20H,4,12-13H2,1-3H3,(H,23,25)/t19-,20-/m0/s1. The lowest BCUT2D eigenvalue weighted by molar-refractivity contribution is 0.0762. The van der Waals surface area contributed by atoms with Crippen LogP contribution in [-0.4, -0.2) is 49.7 Å². The molecule has 0 radical (unpaired) electrons. The molecule has 4 nitrogen and oxygen atoms in total. The van der Waals surface area contributed by atoms with Crippen LogP contribution >= 0.6 is 11.6 Å². The Morgan fingerprint density at radius 1 is 1.23 bits per heavy atom. The third kappa shape index (κ3) is 4.09. The molecule has 2 aromatic rings. The lowest BCUT2D eigenvalue weighted by Crippen LogP contribution is -2.43. The van der Waals surface area contributed by atoms with Gasteiger partial charge in [-0.05, 0) is 43.3 Å². The number of methoxy groups -OCH3 is 1. The van der Waals surface area contributed by atoms with Crippen LogP contribution in [0.3, 0.4) is 0 Å². The van der Waals surface area contributed by atoms with E-state index in [1.54, 1.807) is 7.11 Å². The third-order valence-corrected chi connectivity index (χ3v) is 5.32. The summed E-state index contributed by atoms with van der Waals surface area (Å²) in [6.07, 6.45) is 0.0317. The molecule has 1 amide bonds. The number of likely N-dealkylation sites (N-methyl/N-ethyl adjacent to an activating group) is 1. The monoisotopic (exact) mass is 372 g/mol. The van der Waals surface area contributed by atoms with Gasteiger partial charge < -0.3 is 10.1 Å². The summed E-state index contributed by atoms with van der Waals surface area (Å²) < 4.78 is 5.52. The van der Waals surface area contributed by atoms with Gasteiger partial charge in [-0.2, -0.15) is 0 Å². The van der Waals surface area contributed by atoms with E-state index in [0.717, 1.165) is 36.3 Å². The highest BCUT2D eigenvalue weighted by molar-refractivity contribution is 6.33. The quantitative estimate of drug-likeness (QED) is 0.868.